The summed E-state index contributed by atoms with van der Waals surface area (Å²) in [4.78, 5) is 0. The molecule has 0 atom stereocenters. The lowest BCUT2D eigenvalue weighted by molar-refractivity contribution is 0.448. The van der Waals surface area contributed by atoms with Crippen LogP contribution in [0.5, 0.6) is 0 Å². The second kappa shape index (κ2) is 4.75. The lowest BCUT2D eigenvalue weighted by Crippen LogP contribution is -2.43. The first-order chi connectivity index (χ1) is 6.27. The van der Waals surface area contributed by atoms with Crippen LogP contribution in [0, 0.1) is 0 Å². The van der Waals surface area contributed by atoms with Crippen molar-refractivity contribution in [2.75, 3.05) is 13.1 Å². The van der Waals surface area contributed by atoms with E-state index < -0.39 is 14.8 Å². The first-order valence-electron chi connectivity index (χ1n) is 4.49. The Hall–Kier alpha value is -0.610. The maximum atomic E-state index is 12.0. The average Bonchev–Trinajstić information content (AvgIpc) is 2.02. The molecule has 0 bridgehead atoms. The van der Waals surface area contributed by atoms with Gasteiger partial charge in [0.2, 0.25) is 10.0 Å². The van der Waals surface area contributed by atoms with Crippen LogP contribution in [-0.2, 0) is 10.0 Å². The molecule has 14 heavy (non-hydrogen) atoms. The van der Waals surface area contributed by atoms with Gasteiger partial charge in [-0.05, 0) is 20.8 Å². The van der Waals surface area contributed by atoms with E-state index >= 15 is 0 Å². The fourth-order valence-corrected chi connectivity index (χ4v) is 2.32. The van der Waals surface area contributed by atoms with E-state index in [1.807, 2.05) is 0 Å². The Morgan fingerprint density at radius 3 is 1.71 bits per heavy atom. The highest BCUT2D eigenvalue weighted by molar-refractivity contribution is 7.90. The maximum absolute atomic E-state index is 12.0. The van der Waals surface area contributed by atoms with E-state index in [0.717, 1.165) is 0 Å². The molecule has 0 unspecified atom stereocenters. The number of rotatable bonds is 5. The highest BCUT2D eigenvalue weighted by atomic mass is 32.2. The topological polar surface area (TPSA) is 37.4 Å². The van der Waals surface area contributed by atoms with Gasteiger partial charge in [-0.3, -0.25) is 0 Å². The lowest BCUT2D eigenvalue weighted by Gasteiger charge is -2.28. The minimum atomic E-state index is -3.27. The van der Waals surface area contributed by atoms with Gasteiger partial charge in [0.25, 0.3) is 0 Å². The molecule has 0 aromatic carbocycles. The molecule has 4 heteroatoms. The van der Waals surface area contributed by atoms with Crippen LogP contribution in [0.2, 0.25) is 0 Å². The van der Waals surface area contributed by atoms with E-state index in [2.05, 4.69) is 13.2 Å². The van der Waals surface area contributed by atoms with Gasteiger partial charge in [-0.2, -0.15) is 4.31 Å². The molecule has 0 heterocycles. The molecular weight excluding hydrogens is 198 g/mol. The van der Waals surface area contributed by atoms with Crippen molar-refractivity contribution >= 4 is 10.0 Å². The van der Waals surface area contributed by atoms with Crippen LogP contribution < -0.4 is 0 Å². The Labute approximate surface area is 87.2 Å². The molecule has 0 aromatic heterocycles. The molecule has 0 saturated carbocycles. The Morgan fingerprint density at radius 1 is 1.14 bits per heavy atom. The Kier molecular flexibility index (Phi) is 4.55. The molecule has 0 aromatic rings. The summed E-state index contributed by atoms with van der Waals surface area (Å²) < 4.78 is 24.5. The zero-order valence-electron chi connectivity index (χ0n) is 9.16. The van der Waals surface area contributed by atoms with Crippen molar-refractivity contribution in [1.29, 1.82) is 0 Å². The van der Waals surface area contributed by atoms with E-state index in [0.29, 0.717) is 13.1 Å². The fourth-order valence-electron chi connectivity index (χ4n) is 0.946. The molecule has 0 rings (SSSR count). The molecule has 0 aliphatic carbocycles. The van der Waals surface area contributed by atoms with Gasteiger partial charge in [0.1, 0.15) is 0 Å². The van der Waals surface area contributed by atoms with E-state index in [9.17, 15) is 8.42 Å². The molecule has 0 aliphatic rings. The predicted octanol–water partition coefficient (Wildman–Crippen LogP) is 1.79. The third-order valence-electron chi connectivity index (χ3n) is 1.78. The van der Waals surface area contributed by atoms with Gasteiger partial charge in [-0.1, -0.05) is 12.2 Å². The first-order valence-corrected chi connectivity index (χ1v) is 5.93. The molecule has 82 valence electrons. The fraction of sp³-hybridized carbons (Fsp3) is 0.600. The zero-order chi connectivity index (χ0) is 11.4. The summed E-state index contributed by atoms with van der Waals surface area (Å²) in [5.41, 5.74) is 0. The number of sulfonamides is 1. The van der Waals surface area contributed by atoms with Crippen LogP contribution in [0.3, 0.4) is 0 Å². The Balaban J connectivity index is 4.99. The van der Waals surface area contributed by atoms with Gasteiger partial charge in [0.15, 0.2) is 0 Å². The van der Waals surface area contributed by atoms with Gasteiger partial charge < -0.3 is 0 Å². The van der Waals surface area contributed by atoms with Gasteiger partial charge in [-0.15, -0.1) is 13.2 Å². The summed E-state index contributed by atoms with van der Waals surface area (Å²) in [6.07, 6.45) is 3.15. The van der Waals surface area contributed by atoms with Crippen LogP contribution in [0.25, 0.3) is 0 Å². The van der Waals surface area contributed by atoms with Crippen molar-refractivity contribution in [1.82, 2.24) is 4.31 Å². The molecule has 3 nitrogen and oxygen atoms in total. The van der Waals surface area contributed by atoms with E-state index in [4.69, 9.17) is 0 Å². The molecule has 0 radical (unpaired) electrons. The molecule has 0 amide bonds. The second-order valence-corrected chi connectivity index (χ2v) is 6.70. The number of hydrogen-bond donors (Lipinski definition) is 0. The summed E-state index contributed by atoms with van der Waals surface area (Å²) in [6.45, 7) is 12.8. The predicted molar refractivity (Wildman–Crippen MR) is 60.6 cm³/mol. The molecule has 0 fully saturated rings. The lowest BCUT2D eigenvalue weighted by atomic mass is 10.3. The average molecular weight is 217 g/mol. The van der Waals surface area contributed by atoms with Gasteiger partial charge in [0.05, 0.1) is 4.75 Å². The zero-order valence-corrected chi connectivity index (χ0v) is 9.97. The van der Waals surface area contributed by atoms with Crippen molar-refractivity contribution in [2.45, 2.75) is 25.5 Å². The van der Waals surface area contributed by atoms with Crippen molar-refractivity contribution in [3.8, 4) is 0 Å². The summed E-state index contributed by atoms with van der Waals surface area (Å²) in [6, 6.07) is 0. The van der Waals surface area contributed by atoms with Gasteiger partial charge in [0, 0.05) is 13.1 Å². The molecule has 0 aliphatic heterocycles. The van der Waals surface area contributed by atoms with E-state index in [-0.39, 0.29) is 0 Å². The second-order valence-electron chi connectivity index (χ2n) is 4.01. The van der Waals surface area contributed by atoms with Crippen molar-refractivity contribution in [3.05, 3.63) is 25.3 Å². The van der Waals surface area contributed by atoms with Gasteiger partial charge in [-0.25, -0.2) is 8.42 Å². The summed E-state index contributed by atoms with van der Waals surface area (Å²) in [5.74, 6) is 0. The van der Waals surface area contributed by atoms with Crippen LogP contribution in [-0.4, -0.2) is 30.6 Å². The normalized spacial score (nSPS) is 12.9. The maximum Gasteiger partial charge on any atom is 0.219 e. The van der Waals surface area contributed by atoms with Gasteiger partial charge >= 0.3 is 0 Å². The highest BCUT2D eigenvalue weighted by Gasteiger charge is 2.33. The van der Waals surface area contributed by atoms with Crippen molar-refractivity contribution in [3.63, 3.8) is 0 Å². The summed E-state index contributed by atoms with van der Waals surface area (Å²) in [7, 11) is -3.27. The van der Waals surface area contributed by atoms with Crippen molar-refractivity contribution < 1.29 is 8.42 Å². The summed E-state index contributed by atoms with van der Waals surface area (Å²) >= 11 is 0. The van der Waals surface area contributed by atoms with Crippen LogP contribution in [0.1, 0.15) is 20.8 Å². The molecule has 0 saturated heterocycles. The number of nitrogens with zero attached hydrogens (tertiary/aromatic N) is 1. The minimum Gasteiger partial charge on any atom is -0.212 e. The molecule has 0 N–H and O–H groups in total. The molecule has 0 spiro atoms. The SMILES string of the molecule is C=CCN(CC=C)S(=O)(=O)C(C)(C)C. The standard InChI is InChI=1S/C10H19NO2S/c1-6-8-11(9-7-2)14(12,13)10(3,4)5/h6-7H,1-2,8-9H2,3-5H3. The Bertz CT molecular complexity index is 289. The molecular formula is C10H19NO2S. The van der Waals surface area contributed by atoms with E-state index in [1.54, 1.807) is 32.9 Å². The monoisotopic (exact) mass is 217 g/mol. The quantitative estimate of drug-likeness (QED) is 0.658. The largest absolute Gasteiger partial charge is 0.219 e. The minimum absolute atomic E-state index is 0.325. The van der Waals surface area contributed by atoms with Crippen molar-refractivity contribution in [2.24, 2.45) is 0 Å². The van der Waals surface area contributed by atoms with Crippen LogP contribution in [0.4, 0.5) is 0 Å². The van der Waals surface area contributed by atoms with Crippen LogP contribution in [0.15, 0.2) is 25.3 Å². The Morgan fingerprint density at radius 2 is 1.50 bits per heavy atom. The first kappa shape index (κ1) is 13.4. The third kappa shape index (κ3) is 2.96. The highest BCUT2D eigenvalue weighted by Crippen LogP contribution is 2.19. The van der Waals surface area contributed by atoms with Crippen LogP contribution >= 0.6 is 0 Å². The third-order valence-corrected chi connectivity index (χ3v) is 4.30. The summed E-state index contributed by atoms with van der Waals surface area (Å²) in [5, 5.41) is 0. The number of hydrogen-bond acceptors (Lipinski definition) is 2. The smallest absolute Gasteiger partial charge is 0.212 e. The van der Waals surface area contributed by atoms with E-state index in [1.165, 1.54) is 4.31 Å².